The zero-order chi connectivity index (χ0) is 41.9. The van der Waals surface area contributed by atoms with Gasteiger partial charge in [0.05, 0.1) is 48.7 Å². The highest BCUT2D eigenvalue weighted by molar-refractivity contribution is 7.09. The van der Waals surface area contributed by atoms with Gasteiger partial charge in [0.2, 0.25) is 23.6 Å². The van der Waals surface area contributed by atoms with Gasteiger partial charge in [0.15, 0.2) is 0 Å². The fourth-order valence-corrected chi connectivity index (χ4v) is 9.29. The fourth-order valence-electron chi connectivity index (χ4n) is 8.50. The molecule has 0 spiro atoms. The Hall–Kier alpha value is -3.39. The van der Waals surface area contributed by atoms with Gasteiger partial charge in [-0.1, -0.05) is 85.2 Å². The van der Waals surface area contributed by atoms with Crippen molar-refractivity contribution in [2.24, 2.45) is 23.7 Å². The van der Waals surface area contributed by atoms with Crippen molar-refractivity contribution >= 4 is 35.0 Å². The number of aromatic nitrogens is 1. The maximum absolute atomic E-state index is 14.4. The molecule has 1 aromatic carbocycles. The molecule has 0 bridgehead atoms. The average Bonchev–Trinajstić information content (AvgIpc) is 3.88. The molecule has 1 aliphatic rings. The number of ether oxygens (including phenoxy) is 2. The molecule has 0 unspecified atom stereocenters. The van der Waals surface area contributed by atoms with E-state index in [1.165, 1.54) is 11.3 Å². The van der Waals surface area contributed by atoms with Gasteiger partial charge >= 0.3 is 0 Å². The Morgan fingerprint density at radius 1 is 0.929 bits per heavy atom. The molecule has 0 radical (unpaired) electrons. The topological polar surface area (TPSA) is 125 Å². The second-order valence-electron chi connectivity index (χ2n) is 16.5. The molecule has 2 heterocycles. The van der Waals surface area contributed by atoms with Gasteiger partial charge in [-0.05, 0) is 56.7 Å². The van der Waals surface area contributed by atoms with E-state index in [-0.39, 0.29) is 65.9 Å². The highest BCUT2D eigenvalue weighted by Crippen LogP contribution is 2.32. The number of thiazole rings is 1. The van der Waals surface area contributed by atoms with Crippen molar-refractivity contribution in [2.45, 2.75) is 123 Å². The molecule has 314 valence electrons. The molecule has 4 amide bonds. The van der Waals surface area contributed by atoms with E-state index in [9.17, 15) is 19.2 Å². The highest BCUT2D eigenvalue weighted by atomic mass is 32.1. The van der Waals surface area contributed by atoms with Gasteiger partial charge in [-0.15, -0.1) is 11.3 Å². The summed E-state index contributed by atoms with van der Waals surface area (Å²) in [5, 5.41) is 5.85. The van der Waals surface area contributed by atoms with E-state index >= 15 is 0 Å². The highest BCUT2D eigenvalue weighted by Gasteiger charge is 2.44. The van der Waals surface area contributed by atoms with Gasteiger partial charge < -0.3 is 29.5 Å². The number of benzene rings is 1. The average molecular weight is 799 g/mol. The lowest BCUT2D eigenvalue weighted by molar-refractivity contribution is -0.149. The standard InChI is InChI=1S/C43H70N6O6S/c1-14-29(6)38(48(11)43(53)36(27(2)3)45-40(51)37(28(4)5)46(8)9)34(54-12)26-35(50)49-23-18-21-32(49)39(55-13)30(7)42(52)47(10)33(41-44-22-24-56-41)25-31-19-16-15-17-20-31/h15-17,19-20,22,24,27-30,32-34,36-39H,14,18,21,23,25-26H2,1-13H3,(H,45,51)/t29-,30+,32-,33-,34+,36-,37-,38-,39+/m0/s1. The minimum absolute atomic E-state index is 0.00801. The van der Waals surface area contributed by atoms with Crippen molar-refractivity contribution in [3.05, 3.63) is 52.5 Å². The molecule has 1 aliphatic heterocycles. The maximum Gasteiger partial charge on any atom is 0.245 e. The van der Waals surface area contributed by atoms with E-state index in [2.05, 4.69) is 36.3 Å². The first-order valence-corrected chi connectivity index (χ1v) is 21.2. The first-order chi connectivity index (χ1) is 26.5. The molecule has 3 rings (SSSR count). The van der Waals surface area contributed by atoms with Crippen molar-refractivity contribution in [2.75, 3.05) is 49.0 Å². The number of hydrogen-bond donors (Lipinski definition) is 1. The molecule has 1 fully saturated rings. The summed E-state index contributed by atoms with van der Waals surface area (Å²) in [6, 6.07) is 7.96. The van der Waals surface area contributed by atoms with Crippen molar-refractivity contribution in [3.8, 4) is 0 Å². The Morgan fingerprint density at radius 3 is 2.11 bits per heavy atom. The Bertz CT molecular complexity index is 1520. The summed E-state index contributed by atoms with van der Waals surface area (Å²) < 4.78 is 12.2. The number of nitrogens with one attached hydrogen (secondary N) is 1. The Kier molecular flexibility index (Phi) is 18.4. The van der Waals surface area contributed by atoms with Gasteiger partial charge in [-0.25, -0.2) is 4.98 Å². The van der Waals surface area contributed by atoms with Crippen LogP contribution in [0.1, 0.15) is 90.8 Å². The van der Waals surface area contributed by atoms with Crippen LogP contribution in [0.2, 0.25) is 0 Å². The minimum Gasteiger partial charge on any atom is -0.379 e. The van der Waals surface area contributed by atoms with Crippen LogP contribution in [0.25, 0.3) is 0 Å². The van der Waals surface area contributed by atoms with Crippen LogP contribution in [0.5, 0.6) is 0 Å². The summed E-state index contributed by atoms with van der Waals surface area (Å²) in [7, 11) is 10.5. The van der Waals surface area contributed by atoms with Crippen molar-refractivity contribution in [1.82, 2.24) is 29.9 Å². The molecule has 1 N–H and O–H groups in total. The zero-order valence-electron chi connectivity index (χ0n) is 36.2. The Labute approximate surface area is 340 Å². The lowest BCUT2D eigenvalue weighted by Crippen LogP contribution is -2.59. The molecular formula is C43H70N6O6S. The normalized spacial score (nSPS) is 18.9. The molecule has 0 saturated carbocycles. The fraction of sp³-hybridized carbons (Fsp3) is 0.698. The summed E-state index contributed by atoms with van der Waals surface area (Å²) in [6.07, 6.45) is 3.54. The Morgan fingerprint density at radius 2 is 1.59 bits per heavy atom. The van der Waals surface area contributed by atoms with E-state index in [0.717, 1.165) is 23.4 Å². The third kappa shape index (κ3) is 11.6. The minimum atomic E-state index is -0.751. The van der Waals surface area contributed by atoms with Crippen LogP contribution in [0.3, 0.4) is 0 Å². The number of likely N-dealkylation sites (tertiary alicyclic amines) is 1. The third-order valence-corrected chi connectivity index (χ3v) is 12.6. The molecule has 1 saturated heterocycles. The largest absolute Gasteiger partial charge is 0.379 e. The lowest BCUT2D eigenvalue weighted by Gasteiger charge is -2.41. The van der Waals surface area contributed by atoms with Crippen LogP contribution in [-0.2, 0) is 35.1 Å². The van der Waals surface area contributed by atoms with Gasteiger partial charge in [0, 0.05) is 46.4 Å². The second kappa shape index (κ2) is 21.9. The lowest BCUT2D eigenvalue weighted by atomic mass is 9.89. The van der Waals surface area contributed by atoms with E-state index in [1.54, 1.807) is 37.3 Å². The van der Waals surface area contributed by atoms with Crippen LogP contribution >= 0.6 is 11.3 Å². The predicted molar refractivity (Wildman–Crippen MR) is 223 cm³/mol. The number of hydrogen-bond acceptors (Lipinski definition) is 9. The molecule has 12 nitrogen and oxygen atoms in total. The summed E-state index contributed by atoms with van der Waals surface area (Å²) in [5.41, 5.74) is 1.11. The molecular weight excluding hydrogens is 729 g/mol. The number of carbonyl (C=O) groups excluding carboxylic acids is 4. The molecule has 9 atom stereocenters. The molecule has 13 heteroatoms. The summed E-state index contributed by atoms with van der Waals surface area (Å²) >= 11 is 1.53. The molecule has 56 heavy (non-hydrogen) atoms. The Balaban J connectivity index is 1.82. The third-order valence-electron chi connectivity index (χ3n) is 11.7. The van der Waals surface area contributed by atoms with Crippen molar-refractivity contribution in [3.63, 3.8) is 0 Å². The number of amides is 4. The monoisotopic (exact) mass is 799 g/mol. The van der Waals surface area contributed by atoms with Crippen molar-refractivity contribution in [1.29, 1.82) is 0 Å². The summed E-state index contributed by atoms with van der Waals surface area (Å²) in [5.74, 6) is -1.24. The number of carbonyl (C=O) groups is 4. The number of rotatable bonds is 21. The molecule has 1 aromatic heterocycles. The molecule has 2 aromatic rings. The quantitative estimate of drug-likeness (QED) is 0.175. The SMILES string of the molecule is CC[C@H](C)[C@@H]([C@@H](CC(=O)N1CCC[C@H]1[C@H](OC)[C@@H](C)C(=O)N(C)[C@@H](Cc1ccccc1)c1nccs1)OC)N(C)C(=O)[C@@H](NC(=O)[C@H](C(C)C)N(C)C)C(C)C. The summed E-state index contributed by atoms with van der Waals surface area (Å²) in [4.78, 5) is 68.2. The van der Waals surface area contributed by atoms with E-state index < -0.39 is 30.2 Å². The molecule has 0 aliphatic carbocycles. The van der Waals surface area contributed by atoms with E-state index in [0.29, 0.717) is 19.4 Å². The smallest absolute Gasteiger partial charge is 0.245 e. The predicted octanol–water partition coefficient (Wildman–Crippen LogP) is 5.53. The van der Waals surface area contributed by atoms with Crippen molar-refractivity contribution < 1.29 is 28.7 Å². The van der Waals surface area contributed by atoms with Crippen LogP contribution in [0.4, 0.5) is 0 Å². The van der Waals surface area contributed by atoms with E-state index in [4.69, 9.17) is 9.47 Å². The first-order valence-electron chi connectivity index (χ1n) is 20.3. The van der Waals surface area contributed by atoms with Crippen LogP contribution in [0, 0.1) is 23.7 Å². The van der Waals surface area contributed by atoms with Gasteiger partial charge in [0.25, 0.3) is 0 Å². The van der Waals surface area contributed by atoms with Gasteiger partial charge in [-0.3, -0.25) is 24.1 Å². The number of likely N-dealkylation sites (N-methyl/N-ethyl adjacent to an activating group) is 3. The van der Waals surface area contributed by atoms with Crippen LogP contribution < -0.4 is 5.32 Å². The van der Waals surface area contributed by atoms with Gasteiger partial charge in [0.1, 0.15) is 11.0 Å². The van der Waals surface area contributed by atoms with Gasteiger partial charge in [-0.2, -0.15) is 0 Å². The number of nitrogens with zero attached hydrogens (tertiary/aromatic N) is 5. The summed E-state index contributed by atoms with van der Waals surface area (Å²) in [6.45, 7) is 14.4. The maximum atomic E-state index is 14.4. The van der Waals surface area contributed by atoms with Crippen LogP contribution in [0.15, 0.2) is 41.9 Å². The zero-order valence-corrected chi connectivity index (χ0v) is 37.0. The first kappa shape index (κ1) is 47.0. The van der Waals surface area contributed by atoms with Crippen LogP contribution in [-0.4, -0.2) is 134 Å². The second-order valence-corrected chi connectivity index (χ2v) is 17.4. The van der Waals surface area contributed by atoms with E-state index in [1.807, 2.05) is 89.1 Å². The number of methoxy groups -OCH3 is 2.